The number of likely N-dealkylation sites (tertiary alicyclic amines) is 1. The molecule has 1 saturated heterocycles. The molecule has 5 nitrogen and oxygen atoms in total. The van der Waals surface area contributed by atoms with Gasteiger partial charge in [0.15, 0.2) is 0 Å². The van der Waals surface area contributed by atoms with Gasteiger partial charge in [-0.15, -0.1) is 0 Å². The number of hydrogen-bond acceptors (Lipinski definition) is 3. The molecular formula is C22H26N2O3. The molecule has 1 aliphatic heterocycles. The number of carbonyl (C=O) groups excluding carboxylic acids is 2. The van der Waals surface area contributed by atoms with Gasteiger partial charge in [0.25, 0.3) is 5.91 Å². The van der Waals surface area contributed by atoms with Crippen molar-refractivity contribution in [3.63, 3.8) is 0 Å². The maximum Gasteiger partial charge on any atom is 0.253 e. The molecule has 0 saturated carbocycles. The molecule has 0 aromatic heterocycles. The zero-order valence-corrected chi connectivity index (χ0v) is 15.9. The summed E-state index contributed by atoms with van der Waals surface area (Å²) in [6, 6.07) is 15.2. The lowest BCUT2D eigenvalue weighted by atomic mass is 9.96. The summed E-state index contributed by atoms with van der Waals surface area (Å²) in [6.45, 7) is 3.63. The van der Waals surface area contributed by atoms with Gasteiger partial charge in [0, 0.05) is 25.2 Å². The van der Waals surface area contributed by atoms with E-state index in [1.54, 1.807) is 12.0 Å². The van der Waals surface area contributed by atoms with Crippen LogP contribution in [0.3, 0.4) is 0 Å². The third-order valence-electron chi connectivity index (χ3n) is 4.97. The third kappa shape index (κ3) is 4.88. The minimum Gasteiger partial charge on any atom is -0.497 e. The van der Waals surface area contributed by atoms with Crippen molar-refractivity contribution in [2.75, 3.05) is 20.2 Å². The van der Waals surface area contributed by atoms with E-state index in [1.165, 1.54) is 0 Å². The molecule has 0 aliphatic carbocycles. The van der Waals surface area contributed by atoms with Crippen LogP contribution in [0.25, 0.3) is 0 Å². The molecule has 1 heterocycles. The number of methoxy groups -OCH3 is 1. The SMILES string of the molecule is COc1ccc(CNC(=O)[C@H]2CCCN(C(=O)c3cccc(C)c3)C2)cc1. The molecule has 2 amide bonds. The number of piperidine rings is 1. The summed E-state index contributed by atoms with van der Waals surface area (Å²) >= 11 is 0. The van der Waals surface area contributed by atoms with Crippen LogP contribution in [-0.2, 0) is 11.3 Å². The fourth-order valence-electron chi connectivity index (χ4n) is 3.41. The molecule has 2 aromatic carbocycles. The van der Waals surface area contributed by atoms with E-state index in [9.17, 15) is 9.59 Å². The minimum absolute atomic E-state index is 0.00588. The minimum atomic E-state index is -0.161. The molecule has 3 rings (SSSR count). The first-order chi connectivity index (χ1) is 13.1. The van der Waals surface area contributed by atoms with Crippen LogP contribution in [0.4, 0.5) is 0 Å². The van der Waals surface area contributed by atoms with Gasteiger partial charge in [-0.1, -0.05) is 29.8 Å². The van der Waals surface area contributed by atoms with E-state index in [-0.39, 0.29) is 17.7 Å². The van der Waals surface area contributed by atoms with Crippen molar-refractivity contribution in [2.24, 2.45) is 5.92 Å². The Bertz CT molecular complexity index is 801. The van der Waals surface area contributed by atoms with Crippen LogP contribution in [0.1, 0.15) is 34.3 Å². The monoisotopic (exact) mass is 366 g/mol. The van der Waals surface area contributed by atoms with Gasteiger partial charge in [0.05, 0.1) is 13.0 Å². The van der Waals surface area contributed by atoms with Gasteiger partial charge in [0.1, 0.15) is 5.75 Å². The van der Waals surface area contributed by atoms with Crippen molar-refractivity contribution < 1.29 is 14.3 Å². The molecule has 1 aliphatic rings. The Balaban J connectivity index is 1.56. The van der Waals surface area contributed by atoms with Crippen LogP contribution >= 0.6 is 0 Å². The molecule has 5 heteroatoms. The quantitative estimate of drug-likeness (QED) is 0.884. The summed E-state index contributed by atoms with van der Waals surface area (Å²) in [7, 11) is 1.63. The van der Waals surface area contributed by atoms with Gasteiger partial charge in [-0.2, -0.15) is 0 Å². The summed E-state index contributed by atoms with van der Waals surface area (Å²) in [6.07, 6.45) is 1.66. The van der Waals surface area contributed by atoms with Crippen LogP contribution in [0.2, 0.25) is 0 Å². The molecule has 0 radical (unpaired) electrons. The average Bonchev–Trinajstić information content (AvgIpc) is 2.72. The van der Waals surface area contributed by atoms with E-state index < -0.39 is 0 Å². The van der Waals surface area contributed by atoms with Gasteiger partial charge in [0.2, 0.25) is 5.91 Å². The number of benzene rings is 2. The second kappa shape index (κ2) is 8.71. The van der Waals surface area contributed by atoms with Crippen LogP contribution in [-0.4, -0.2) is 36.9 Å². The van der Waals surface area contributed by atoms with Gasteiger partial charge in [-0.3, -0.25) is 9.59 Å². The average molecular weight is 366 g/mol. The Labute approximate surface area is 160 Å². The van der Waals surface area contributed by atoms with E-state index >= 15 is 0 Å². The van der Waals surface area contributed by atoms with Crippen molar-refractivity contribution >= 4 is 11.8 Å². The smallest absolute Gasteiger partial charge is 0.253 e. The molecule has 27 heavy (non-hydrogen) atoms. The Kier molecular flexibility index (Phi) is 6.12. The van der Waals surface area contributed by atoms with E-state index in [0.29, 0.717) is 25.2 Å². The topological polar surface area (TPSA) is 58.6 Å². The Hall–Kier alpha value is -2.82. The molecular weight excluding hydrogens is 340 g/mol. The van der Waals surface area contributed by atoms with Crippen molar-refractivity contribution in [3.05, 3.63) is 65.2 Å². The first kappa shape index (κ1) is 19.0. The normalized spacial score (nSPS) is 16.7. The largest absolute Gasteiger partial charge is 0.497 e. The van der Waals surface area contributed by atoms with Crippen molar-refractivity contribution in [1.82, 2.24) is 10.2 Å². The summed E-state index contributed by atoms with van der Waals surface area (Å²) in [4.78, 5) is 27.1. The molecule has 0 spiro atoms. The summed E-state index contributed by atoms with van der Waals surface area (Å²) in [5, 5.41) is 3.00. The maximum absolute atomic E-state index is 12.7. The maximum atomic E-state index is 12.7. The number of nitrogens with zero attached hydrogens (tertiary/aromatic N) is 1. The van der Waals surface area contributed by atoms with Gasteiger partial charge >= 0.3 is 0 Å². The number of ether oxygens (including phenoxy) is 1. The number of amides is 2. The highest BCUT2D eigenvalue weighted by molar-refractivity contribution is 5.95. The predicted octanol–water partition coefficient (Wildman–Crippen LogP) is 3.17. The summed E-state index contributed by atoms with van der Waals surface area (Å²) < 4.78 is 5.14. The van der Waals surface area contributed by atoms with Crippen molar-refractivity contribution in [1.29, 1.82) is 0 Å². The first-order valence-electron chi connectivity index (χ1n) is 9.33. The fraction of sp³-hybridized carbons (Fsp3) is 0.364. The van der Waals surface area contributed by atoms with E-state index in [0.717, 1.165) is 29.7 Å². The Morgan fingerprint density at radius 2 is 1.96 bits per heavy atom. The lowest BCUT2D eigenvalue weighted by Crippen LogP contribution is -2.45. The lowest BCUT2D eigenvalue weighted by Gasteiger charge is -2.32. The number of rotatable bonds is 5. The van der Waals surface area contributed by atoms with Crippen LogP contribution in [0.15, 0.2) is 48.5 Å². The first-order valence-corrected chi connectivity index (χ1v) is 9.33. The molecule has 142 valence electrons. The van der Waals surface area contributed by atoms with Gasteiger partial charge in [-0.05, 0) is 49.6 Å². The number of hydrogen-bond donors (Lipinski definition) is 1. The zero-order chi connectivity index (χ0) is 19.2. The summed E-state index contributed by atoms with van der Waals surface area (Å²) in [5.41, 5.74) is 2.77. The van der Waals surface area contributed by atoms with Gasteiger partial charge < -0.3 is 15.0 Å². The van der Waals surface area contributed by atoms with E-state index in [1.807, 2.05) is 55.5 Å². The third-order valence-corrected chi connectivity index (χ3v) is 4.97. The molecule has 1 fully saturated rings. The zero-order valence-electron chi connectivity index (χ0n) is 15.9. The molecule has 1 N–H and O–H groups in total. The highest BCUT2D eigenvalue weighted by atomic mass is 16.5. The van der Waals surface area contributed by atoms with E-state index in [4.69, 9.17) is 4.74 Å². The Morgan fingerprint density at radius 1 is 1.19 bits per heavy atom. The standard InChI is InChI=1S/C22H26N2O3/c1-16-5-3-6-18(13-16)22(26)24-12-4-7-19(15-24)21(25)23-14-17-8-10-20(27-2)11-9-17/h3,5-6,8-11,13,19H,4,7,12,14-15H2,1-2H3,(H,23,25)/t19-/m0/s1. The molecule has 0 bridgehead atoms. The number of nitrogens with one attached hydrogen (secondary N) is 1. The van der Waals surface area contributed by atoms with Crippen LogP contribution in [0, 0.1) is 12.8 Å². The van der Waals surface area contributed by atoms with Gasteiger partial charge in [-0.25, -0.2) is 0 Å². The second-order valence-electron chi connectivity index (χ2n) is 7.03. The highest BCUT2D eigenvalue weighted by Gasteiger charge is 2.28. The second-order valence-corrected chi connectivity index (χ2v) is 7.03. The molecule has 0 unspecified atom stereocenters. The van der Waals surface area contributed by atoms with Crippen molar-refractivity contribution in [2.45, 2.75) is 26.3 Å². The molecule has 1 atom stereocenters. The number of aryl methyl sites for hydroxylation is 1. The van der Waals surface area contributed by atoms with Crippen LogP contribution in [0.5, 0.6) is 5.75 Å². The van der Waals surface area contributed by atoms with E-state index in [2.05, 4.69) is 5.32 Å². The summed E-state index contributed by atoms with van der Waals surface area (Å²) in [5.74, 6) is 0.646. The highest BCUT2D eigenvalue weighted by Crippen LogP contribution is 2.20. The molecule has 2 aromatic rings. The predicted molar refractivity (Wildman–Crippen MR) is 105 cm³/mol. The fourth-order valence-corrected chi connectivity index (χ4v) is 3.41. The number of carbonyl (C=O) groups is 2. The van der Waals surface area contributed by atoms with Crippen molar-refractivity contribution in [3.8, 4) is 5.75 Å². The Morgan fingerprint density at radius 3 is 2.67 bits per heavy atom. The lowest BCUT2D eigenvalue weighted by molar-refractivity contribution is -0.126. The van der Waals surface area contributed by atoms with Crippen LogP contribution < -0.4 is 10.1 Å².